The lowest BCUT2D eigenvalue weighted by Crippen LogP contribution is -2.05. The number of aryl methyl sites for hydroxylation is 3. The molecular formula is C21H28O2S. The van der Waals surface area contributed by atoms with Crippen LogP contribution in [0.3, 0.4) is 0 Å². The van der Waals surface area contributed by atoms with E-state index in [2.05, 4.69) is 13.8 Å². The Labute approximate surface area is 148 Å². The molecule has 2 rings (SSSR count). The molecule has 0 aliphatic rings. The van der Waals surface area contributed by atoms with E-state index in [9.17, 15) is 8.42 Å². The highest BCUT2D eigenvalue weighted by atomic mass is 32.2. The van der Waals surface area contributed by atoms with Gasteiger partial charge in [-0.25, -0.2) is 8.42 Å². The number of rotatable bonds is 8. The minimum atomic E-state index is -3.66. The second kappa shape index (κ2) is 8.48. The molecule has 0 aliphatic carbocycles. The molecule has 0 saturated heterocycles. The first-order chi connectivity index (χ1) is 11.9. The van der Waals surface area contributed by atoms with Crippen LogP contribution in [0.5, 0.6) is 0 Å². The van der Waals surface area contributed by atoms with E-state index >= 15 is 0 Å². The van der Waals surface area contributed by atoms with Crippen molar-refractivity contribution >= 4 is 9.84 Å². The zero-order chi connectivity index (χ0) is 18.4. The molecule has 0 N–H and O–H groups in total. The molecular weight excluding hydrogens is 316 g/mol. The van der Waals surface area contributed by atoms with Gasteiger partial charge in [-0.1, -0.05) is 50.5 Å². The monoisotopic (exact) mass is 345 g/mol. The second-order valence-corrected chi connectivity index (χ2v) is 8.29. The van der Waals surface area contributed by atoms with Crippen LogP contribution in [0.15, 0.2) is 52.2 Å². The Balaban J connectivity index is 2.50. The fourth-order valence-corrected chi connectivity index (χ4v) is 4.00. The van der Waals surface area contributed by atoms with Gasteiger partial charge in [-0.15, -0.1) is 0 Å². The number of sulfone groups is 1. The van der Waals surface area contributed by atoms with Crippen molar-refractivity contribution in [1.82, 2.24) is 0 Å². The molecule has 2 aromatic rings. The predicted molar refractivity (Wildman–Crippen MR) is 100 cm³/mol. The average Bonchev–Trinajstić information content (AvgIpc) is 2.59. The van der Waals surface area contributed by atoms with Crippen molar-refractivity contribution in [3.05, 3.63) is 59.1 Å². The lowest BCUT2D eigenvalue weighted by molar-refractivity contribution is 0.595. The molecule has 0 aliphatic heterocycles. The summed E-state index contributed by atoms with van der Waals surface area (Å²) in [6, 6.07) is 10.5. The van der Waals surface area contributed by atoms with Gasteiger partial charge in [-0.2, -0.15) is 0 Å². The Bertz CT molecular complexity index is 809. The summed E-state index contributed by atoms with van der Waals surface area (Å²) < 4.78 is 34.3. The normalized spacial score (nSPS) is 12.2. The van der Waals surface area contributed by atoms with Gasteiger partial charge >= 0.3 is 0 Å². The van der Waals surface area contributed by atoms with Crippen LogP contribution < -0.4 is 0 Å². The van der Waals surface area contributed by atoms with Crippen molar-refractivity contribution in [3.63, 3.8) is 0 Å². The van der Waals surface area contributed by atoms with Crippen LogP contribution in [0.2, 0.25) is 0 Å². The Hall–Kier alpha value is -1.61. The molecule has 0 radical (unpaired) electrons. The van der Waals surface area contributed by atoms with Crippen molar-refractivity contribution in [2.45, 2.75) is 69.1 Å². The molecule has 0 spiro atoms. The molecule has 0 amide bonds. The highest BCUT2D eigenvalue weighted by Gasteiger charge is 2.18. The Morgan fingerprint density at radius 2 is 1.46 bits per heavy atom. The number of unbranched alkanes of at least 4 members (excludes halogenated alkanes) is 2. The SMILES string of the molecule is [2H]c1cc(CCCC)c(CCCC)cc1S(=O)(=O)c1ccc(C)cc1. The Morgan fingerprint density at radius 1 is 0.875 bits per heavy atom. The van der Waals surface area contributed by atoms with Gasteiger partial charge in [0.25, 0.3) is 0 Å². The molecule has 2 nitrogen and oxygen atoms in total. The maximum atomic E-state index is 13.0. The van der Waals surface area contributed by atoms with Crippen LogP contribution in [-0.4, -0.2) is 8.42 Å². The van der Waals surface area contributed by atoms with Gasteiger partial charge in [-0.05, 0) is 68.0 Å². The van der Waals surface area contributed by atoms with Crippen molar-refractivity contribution in [2.75, 3.05) is 0 Å². The van der Waals surface area contributed by atoms with Gasteiger partial charge in [0.05, 0.1) is 11.2 Å². The van der Waals surface area contributed by atoms with Gasteiger partial charge < -0.3 is 0 Å². The highest BCUT2D eigenvalue weighted by molar-refractivity contribution is 7.91. The molecule has 0 aromatic heterocycles. The Morgan fingerprint density at radius 3 is 2.04 bits per heavy atom. The molecule has 0 atom stereocenters. The highest BCUT2D eigenvalue weighted by Crippen LogP contribution is 2.25. The summed E-state index contributed by atoms with van der Waals surface area (Å²) in [7, 11) is -3.66. The van der Waals surface area contributed by atoms with E-state index in [1.807, 2.05) is 6.92 Å². The maximum Gasteiger partial charge on any atom is 0.206 e. The predicted octanol–water partition coefficient (Wildman–Crippen LogP) is 5.51. The van der Waals surface area contributed by atoms with E-state index < -0.39 is 9.84 Å². The summed E-state index contributed by atoms with van der Waals surface area (Å²) in [5, 5.41) is 0. The van der Waals surface area contributed by atoms with E-state index in [0.29, 0.717) is 0 Å². The zero-order valence-electron chi connectivity index (χ0n) is 15.9. The average molecular weight is 346 g/mol. The van der Waals surface area contributed by atoms with Crippen LogP contribution in [0.25, 0.3) is 0 Å². The summed E-state index contributed by atoms with van der Waals surface area (Å²) in [5.74, 6) is 0. The molecule has 0 unspecified atom stereocenters. The van der Waals surface area contributed by atoms with E-state index in [0.717, 1.165) is 55.2 Å². The van der Waals surface area contributed by atoms with Crippen LogP contribution in [0.1, 0.15) is 57.6 Å². The molecule has 24 heavy (non-hydrogen) atoms. The quantitative estimate of drug-likeness (QED) is 0.632. The molecule has 0 saturated carbocycles. The molecule has 3 heteroatoms. The molecule has 130 valence electrons. The Kier molecular flexibility index (Phi) is 6.08. The summed E-state index contributed by atoms with van der Waals surface area (Å²) in [4.78, 5) is 0.386. The molecule has 0 fully saturated rings. The van der Waals surface area contributed by atoms with Crippen LogP contribution in [-0.2, 0) is 22.7 Å². The lowest BCUT2D eigenvalue weighted by Gasteiger charge is -2.12. The smallest absolute Gasteiger partial charge is 0.206 e. The molecule has 0 bridgehead atoms. The van der Waals surface area contributed by atoms with Gasteiger partial charge in [-0.3, -0.25) is 0 Å². The van der Waals surface area contributed by atoms with Gasteiger partial charge in [0.2, 0.25) is 9.84 Å². The summed E-state index contributed by atoms with van der Waals surface area (Å²) >= 11 is 0. The van der Waals surface area contributed by atoms with Crippen molar-refractivity contribution in [3.8, 4) is 0 Å². The minimum absolute atomic E-state index is 0.104. The first kappa shape index (κ1) is 17.2. The third kappa shape index (κ3) is 4.47. The minimum Gasteiger partial charge on any atom is -0.219 e. The first-order valence-electron chi connectivity index (χ1n) is 9.34. The van der Waals surface area contributed by atoms with Crippen molar-refractivity contribution in [2.24, 2.45) is 0 Å². The number of benzene rings is 2. The zero-order valence-corrected chi connectivity index (χ0v) is 15.7. The van der Waals surface area contributed by atoms with Crippen molar-refractivity contribution < 1.29 is 9.79 Å². The number of hydrogen-bond donors (Lipinski definition) is 0. The molecule has 2 aromatic carbocycles. The molecule has 0 heterocycles. The van der Waals surface area contributed by atoms with E-state index in [1.54, 1.807) is 36.4 Å². The topological polar surface area (TPSA) is 34.1 Å². The van der Waals surface area contributed by atoms with Gasteiger partial charge in [0, 0.05) is 0 Å². The van der Waals surface area contributed by atoms with E-state index in [4.69, 9.17) is 1.37 Å². The maximum absolute atomic E-state index is 13.0. The summed E-state index contributed by atoms with van der Waals surface area (Å²) in [6.45, 7) is 6.20. The van der Waals surface area contributed by atoms with E-state index in [1.165, 1.54) is 0 Å². The van der Waals surface area contributed by atoms with Crippen molar-refractivity contribution in [1.29, 1.82) is 0 Å². The van der Waals surface area contributed by atoms with Gasteiger partial charge in [0.1, 0.15) is 0 Å². The number of hydrogen-bond acceptors (Lipinski definition) is 2. The third-order valence-corrected chi connectivity index (χ3v) is 6.03. The van der Waals surface area contributed by atoms with Crippen LogP contribution in [0.4, 0.5) is 0 Å². The fraction of sp³-hybridized carbons (Fsp3) is 0.429. The standard InChI is InChI=1S/C21H28O2S/c1-4-6-8-18-12-15-21(16-19(18)9-7-5-2)24(22,23)20-13-10-17(3)11-14-20/h10-16H,4-9H2,1-3H3/i15D. The largest absolute Gasteiger partial charge is 0.219 e. The summed E-state index contributed by atoms with van der Waals surface area (Å²) in [5.41, 5.74) is 3.23. The fourth-order valence-electron chi connectivity index (χ4n) is 2.74. The summed E-state index contributed by atoms with van der Waals surface area (Å²) in [6.07, 6.45) is 6.02. The third-order valence-electron chi connectivity index (χ3n) is 4.33. The second-order valence-electron chi connectivity index (χ2n) is 6.37. The van der Waals surface area contributed by atoms with Gasteiger partial charge in [0.15, 0.2) is 0 Å². The van der Waals surface area contributed by atoms with Crippen LogP contribution in [0, 0.1) is 6.92 Å². The lowest BCUT2D eigenvalue weighted by atomic mass is 9.98. The van der Waals surface area contributed by atoms with E-state index in [-0.39, 0.29) is 15.8 Å². The van der Waals surface area contributed by atoms with Crippen LogP contribution >= 0.6 is 0 Å². The first-order valence-corrected chi connectivity index (χ1v) is 10.3.